The number of aryl methyl sites for hydroxylation is 3. The normalized spacial score (nSPS) is 12.4. The Kier molecular flexibility index (Phi) is 4.76. The summed E-state index contributed by atoms with van der Waals surface area (Å²) in [5.74, 6) is 5.70. The van der Waals surface area contributed by atoms with Crippen LogP contribution in [0.2, 0.25) is 0 Å². The van der Waals surface area contributed by atoms with Gasteiger partial charge >= 0.3 is 0 Å². The lowest BCUT2D eigenvalue weighted by Crippen LogP contribution is -2.30. The molecular weight excluding hydrogens is 250 g/mol. The largest absolute Gasteiger partial charge is 0.271 e. The summed E-state index contributed by atoms with van der Waals surface area (Å²) < 4.78 is 0. The third kappa shape index (κ3) is 3.37. The molecule has 2 aromatic heterocycles. The van der Waals surface area contributed by atoms with Gasteiger partial charge in [-0.2, -0.15) is 10.2 Å². The van der Waals surface area contributed by atoms with E-state index in [-0.39, 0.29) is 6.04 Å². The van der Waals surface area contributed by atoms with Crippen molar-refractivity contribution in [2.45, 2.75) is 39.7 Å². The van der Waals surface area contributed by atoms with E-state index in [1.54, 1.807) is 0 Å². The molecule has 5 heteroatoms. The molecule has 0 bridgehead atoms. The zero-order chi connectivity index (χ0) is 14.5. The lowest BCUT2D eigenvalue weighted by molar-refractivity contribution is 0.538. The van der Waals surface area contributed by atoms with Gasteiger partial charge in [0.05, 0.1) is 17.4 Å². The fourth-order valence-corrected chi connectivity index (χ4v) is 2.18. The highest BCUT2D eigenvalue weighted by Crippen LogP contribution is 2.19. The first-order valence-corrected chi connectivity index (χ1v) is 6.84. The van der Waals surface area contributed by atoms with Crippen LogP contribution >= 0.6 is 0 Å². The number of nitrogens with one attached hydrogen (secondary N) is 1. The molecule has 0 saturated heterocycles. The van der Waals surface area contributed by atoms with Gasteiger partial charge in [0.1, 0.15) is 0 Å². The molecule has 2 heterocycles. The highest BCUT2D eigenvalue weighted by atomic mass is 15.2. The Morgan fingerprint density at radius 3 is 2.65 bits per heavy atom. The summed E-state index contributed by atoms with van der Waals surface area (Å²) in [5, 5.41) is 8.20. The standard InChI is InChI=1S/C15H21N5/c1-4-12-5-6-13(17-9-12)8-15(18-16)14-7-10(2)19-20-11(14)3/h5-7,9,15,18H,4,8,16H2,1-3H3. The summed E-state index contributed by atoms with van der Waals surface area (Å²) in [5.41, 5.74) is 7.96. The number of hydrogen-bond acceptors (Lipinski definition) is 5. The first kappa shape index (κ1) is 14.6. The van der Waals surface area contributed by atoms with E-state index in [2.05, 4.69) is 39.7 Å². The Bertz CT molecular complexity index is 565. The molecule has 3 N–H and O–H groups in total. The molecule has 0 aliphatic rings. The Balaban J connectivity index is 2.21. The van der Waals surface area contributed by atoms with Gasteiger partial charge in [-0.1, -0.05) is 13.0 Å². The van der Waals surface area contributed by atoms with Crippen molar-refractivity contribution in [2.75, 3.05) is 0 Å². The molecular formula is C15H21N5. The van der Waals surface area contributed by atoms with E-state index < -0.39 is 0 Å². The van der Waals surface area contributed by atoms with Gasteiger partial charge in [-0.3, -0.25) is 16.3 Å². The second kappa shape index (κ2) is 6.54. The average molecular weight is 271 g/mol. The van der Waals surface area contributed by atoms with E-state index >= 15 is 0 Å². The van der Waals surface area contributed by atoms with Gasteiger partial charge in [0.2, 0.25) is 0 Å². The molecule has 20 heavy (non-hydrogen) atoms. The molecule has 5 nitrogen and oxygen atoms in total. The summed E-state index contributed by atoms with van der Waals surface area (Å²) in [7, 11) is 0. The van der Waals surface area contributed by atoms with Crippen LogP contribution in [0.4, 0.5) is 0 Å². The zero-order valence-corrected chi connectivity index (χ0v) is 12.2. The quantitative estimate of drug-likeness (QED) is 0.640. The summed E-state index contributed by atoms with van der Waals surface area (Å²) in [6.45, 7) is 5.99. The minimum Gasteiger partial charge on any atom is -0.271 e. The third-order valence-electron chi connectivity index (χ3n) is 3.42. The van der Waals surface area contributed by atoms with Crippen molar-refractivity contribution < 1.29 is 0 Å². The molecule has 1 unspecified atom stereocenters. The average Bonchev–Trinajstić information content (AvgIpc) is 2.48. The molecule has 2 rings (SSSR count). The summed E-state index contributed by atoms with van der Waals surface area (Å²) in [4.78, 5) is 4.48. The van der Waals surface area contributed by atoms with Crippen molar-refractivity contribution in [3.05, 3.63) is 52.6 Å². The fraction of sp³-hybridized carbons (Fsp3) is 0.400. The number of nitrogens with two attached hydrogens (primary N) is 1. The number of hydrogen-bond donors (Lipinski definition) is 2. The van der Waals surface area contributed by atoms with E-state index in [1.165, 1.54) is 5.56 Å². The number of nitrogens with zero attached hydrogens (tertiary/aromatic N) is 3. The van der Waals surface area contributed by atoms with Crippen LogP contribution in [-0.2, 0) is 12.8 Å². The number of rotatable bonds is 5. The maximum absolute atomic E-state index is 5.70. The molecule has 0 fully saturated rings. The fourth-order valence-electron chi connectivity index (χ4n) is 2.18. The molecule has 0 aliphatic carbocycles. The van der Waals surface area contributed by atoms with E-state index in [4.69, 9.17) is 5.84 Å². The summed E-state index contributed by atoms with van der Waals surface area (Å²) >= 11 is 0. The van der Waals surface area contributed by atoms with Crippen molar-refractivity contribution in [1.29, 1.82) is 0 Å². The molecule has 0 saturated carbocycles. The van der Waals surface area contributed by atoms with Crippen LogP contribution in [0.5, 0.6) is 0 Å². The van der Waals surface area contributed by atoms with Gasteiger partial charge in [-0.15, -0.1) is 0 Å². The second-order valence-electron chi connectivity index (χ2n) is 4.96. The smallest absolute Gasteiger partial charge is 0.0648 e. The Morgan fingerprint density at radius 2 is 2.05 bits per heavy atom. The van der Waals surface area contributed by atoms with E-state index in [1.807, 2.05) is 26.1 Å². The van der Waals surface area contributed by atoms with Crippen LogP contribution in [0.3, 0.4) is 0 Å². The number of pyridine rings is 1. The van der Waals surface area contributed by atoms with Crippen LogP contribution in [0.1, 0.15) is 41.2 Å². The highest BCUT2D eigenvalue weighted by molar-refractivity contribution is 5.25. The van der Waals surface area contributed by atoms with Crippen molar-refractivity contribution in [3.8, 4) is 0 Å². The summed E-state index contributed by atoms with van der Waals surface area (Å²) in [6.07, 6.45) is 3.65. The number of hydrazine groups is 1. The van der Waals surface area contributed by atoms with Gasteiger partial charge in [0.25, 0.3) is 0 Å². The predicted octanol–water partition coefficient (Wildman–Crippen LogP) is 1.80. The van der Waals surface area contributed by atoms with Crippen LogP contribution in [0.25, 0.3) is 0 Å². The Hall–Kier alpha value is -1.85. The second-order valence-corrected chi connectivity index (χ2v) is 4.96. The Labute approximate surface area is 119 Å². The van der Waals surface area contributed by atoms with Crippen LogP contribution < -0.4 is 11.3 Å². The van der Waals surface area contributed by atoms with Crippen molar-refractivity contribution in [1.82, 2.24) is 20.6 Å². The topological polar surface area (TPSA) is 76.7 Å². The molecule has 106 valence electrons. The van der Waals surface area contributed by atoms with Crippen molar-refractivity contribution in [2.24, 2.45) is 5.84 Å². The van der Waals surface area contributed by atoms with Crippen LogP contribution in [-0.4, -0.2) is 15.2 Å². The van der Waals surface area contributed by atoms with Gasteiger partial charge in [-0.25, -0.2) is 0 Å². The molecule has 0 radical (unpaired) electrons. The zero-order valence-electron chi connectivity index (χ0n) is 12.2. The Morgan fingerprint density at radius 1 is 1.25 bits per heavy atom. The third-order valence-corrected chi connectivity index (χ3v) is 3.42. The molecule has 0 amide bonds. The van der Waals surface area contributed by atoms with Gasteiger partial charge in [-0.05, 0) is 43.5 Å². The lowest BCUT2D eigenvalue weighted by atomic mass is 10.0. The van der Waals surface area contributed by atoms with E-state index in [0.29, 0.717) is 0 Å². The van der Waals surface area contributed by atoms with Gasteiger partial charge < -0.3 is 0 Å². The van der Waals surface area contributed by atoms with Gasteiger partial charge in [0.15, 0.2) is 0 Å². The van der Waals surface area contributed by atoms with E-state index in [0.717, 1.165) is 35.5 Å². The maximum atomic E-state index is 5.70. The predicted molar refractivity (Wildman–Crippen MR) is 78.9 cm³/mol. The van der Waals surface area contributed by atoms with Crippen LogP contribution in [0, 0.1) is 13.8 Å². The highest BCUT2D eigenvalue weighted by Gasteiger charge is 2.15. The molecule has 1 atom stereocenters. The van der Waals surface area contributed by atoms with Crippen molar-refractivity contribution in [3.63, 3.8) is 0 Å². The van der Waals surface area contributed by atoms with E-state index in [9.17, 15) is 0 Å². The molecule has 0 aliphatic heterocycles. The van der Waals surface area contributed by atoms with Crippen LogP contribution in [0.15, 0.2) is 24.4 Å². The number of aromatic nitrogens is 3. The lowest BCUT2D eigenvalue weighted by Gasteiger charge is -2.17. The SMILES string of the molecule is CCc1ccc(CC(NN)c2cc(C)nnc2C)nc1. The minimum absolute atomic E-state index is 0.0100. The molecule has 2 aromatic rings. The molecule has 0 aromatic carbocycles. The monoisotopic (exact) mass is 271 g/mol. The maximum Gasteiger partial charge on any atom is 0.0648 e. The minimum atomic E-state index is -0.0100. The first-order valence-electron chi connectivity index (χ1n) is 6.84. The molecule has 0 spiro atoms. The van der Waals surface area contributed by atoms with Crippen molar-refractivity contribution >= 4 is 0 Å². The van der Waals surface area contributed by atoms with Gasteiger partial charge in [0, 0.05) is 18.3 Å². The first-order chi connectivity index (χ1) is 9.63. The summed E-state index contributed by atoms with van der Waals surface area (Å²) in [6, 6.07) is 6.18.